The molecule has 3 aromatic rings. The molecule has 1 aliphatic heterocycles. The highest BCUT2D eigenvalue weighted by molar-refractivity contribution is 7.52. The summed E-state index contributed by atoms with van der Waals surface area (Å²) in [5.41, 5.74) is 5.21. The SMILES string of the molecule is C#C[C@]1(C)[C@H](O)[C@@H](COP(=O)(N[C@@H](C)C(=O)OC(C)C)Oc2ccccc2)O[C@H]1n1cnc2c(OCC)nc(N)nc21. The van der Waals surface area contributed by atoms with E-state index in [1.54, 1.807) is 58.0 Å². The molecule has 0 spiro atoms. The zero-order chi connectivity index (χ0) is 30.7. The van der Waals surface area contributed by atoms with Crippen LogP contribution in [0.3, 0.4) is 0 Å². The molecule has 2 aromatic heterocycles. The third-order valence-corrected chi connectivity index (χ3v) is 8.11. The van der Waals surface area contributed by atoms with Gasteiger partial charge in [-0.25, -0.2) is 9.55 Å². The van der Waals surface area contributed by atoms with Gasteiger partial charge in [-0.15, -0.1) is 6.42 Å². The van der Waals surface area contributed by atoms with E-state index in [-0.39, 0.29) is 29.3 Å². The molecule has 14 nitrogen and oxygen atoms in total. The van der Waals surface area contributed by atoms with Crippen molar-refractivity contribution in [3.05, 3.63) is 36.7 Å². The van der Waals surface area contributed by atoms with Crippen molar-refractivity contribution in [2.24, 2.45) is 5.41 Å². The number of nitrogens with one attached hydrogen (secondary N) is 1. The summed E-state index contributed by atoms with van der Waals surface area (Å²) in [6, 6.07) is 7.23. The van der Waals surface area contributed by atoms with Crippen LogP contribution in [0.1, 0.15) is 40.8 Å². The van der Waals surface area contributed by atoms with Crippen LogP contribution in [-0.4, -0.2) is 68.2 Å². The fourth-order valence-corrected chi connectivity index (χ4v) is 5.88. The minimum Gasteiger partial charge on any atom is -0.476 e. The standard InChI is InChI=1S/C27H35N6O8P/c1-7-27(6)21(34)19(40-25(27)33-15-29-20-22(33)30-26(28)31-23(20)37-8-2)14-38-42(36,41-18-12-10-9-11-13-18)32-17(5)24(35)39-16(3)4/h1,9-13,15-17,19,21,25,34H,8,14H2,2-6H3,(H,32,36)(H2,28,30,31)/t17-,19+,21+,25+,27+,42?/m0/s1. The zero-order valence-electron chi connectivity index (χ0n) is 24.0. The molecule has 0 aliphatic carbocycles. The van der Waals surface area contributed by atoms with Crippen LogP contribution in [0.5, 0.6) is 11.6 Å². The van der Waals surface area contributed by atoms with E-state index in [0.29, 0.717) is 12.1 Å². The Bertz CT molecular complexity index is 1500. The third-order valence-electron chi connectivity index (χ3n) is 6.47. The number of benzene rings is 1. The Morgan fingerprint density at radius 2 is 2.02 bits per heavy atom. The van der Waals surface area contributed by atoms with Crippen molar-refractivity contribution in [3.63, 3.8) is 0 Å². The summed E-state index contributed by atoms with van der Waals surface area (Å²) in [4.78, 5) is 25.2. The van der Waals surface area contributed by atoms with Gasteiger partial charge in [-0.2, -0.15) is 15.1 Å². The van der Waals surface area contributed by atoms with E-state index in [1.807, 2.05) is 0 Å². The largest absolute Gasteiger partial charge is 0.476 e. The summed E-state index contributed by atoms with van der Waals surface area (Å²) in [5, 5.41) is 13.9. The Morgan fingerprint density at radius 3 is 2.67 bits per heavy atom. The van der Waals surface area contributed by atoms with Gasteiger partial charge in [0.15, 0.2) is 17.4 Å². The predicted molar refractivity (Wildman–Crippen MR) is 152 cm³/mol. The maximum Gasteiger partial charge on any atom is 0.459 e. The Kier molecular flexibility index (Phi) is 9.40. The molecule has 4 rings (SSSR count). The summed E-state index contributed by atoms with van der Waals surface area (Å²) in [6.07, 6.45) is 3.60. The molecular formula is C27H35N6O8P. The van der Waals surface area contributed by atoms with Crippen molar-refractivity contribution in [1.29, 1.82) is 0 Å². The molecule has 1 saturated heterocycles. The number of para-hydroxylation sites is 1. The fraction of sp³-hybridized carbons (Fsp3) is 0.481. The van der Waals surface area contributed by atoms with Crippen LogP contribution in [0.4, 0.5) is 5.95 Å². The van der Waals surface area contributed by atoms with Gasteiger partial charge < -0.3 is 29.6 Å². The highest BCUT2D eigenvalue weighted by atomic mass is 31.2. The van der Waals surface area contributed by atoms with Crippen LogP contribution >= 0.6 is 7.75 Å². The quantitative estimate of drug-likeness (QED) is 0.156. The average molecular weight is 603 g/mol. The van der Waals surface area contributed by atoms with Crippen molar-refractivity contribution in [2.75, 3.05) is 18.9 Å². The van der Waals surface area contributed by atoms with E-state index in [2.05, 4.69) is 26.0 Å². The highest BCUT2D eigenvalue weighted by Gasteiger charge is 2.54. The second-order valence-electron chi connectivity index (χ2n) is 10.1. The normalized spacial score (nSPS) is 24.2. The lowest BCUT2D eigenvalue weighted by atomic mass is 9.83. The lowest BCUT2D eigenvalue weighted by Crippen LogP contribution is -2.39. The molecule has 4 N–H and O–H groups in total. The van der Waals surface area contributed by atoms with E-state index in [0.717, 1.165) is 0 Å². The number of rotatable bonds is 12. The number of anilines is 1. The maximum absolute atomic E-state index is 13.9. The first kappa shape index (κ1) is 31.2. The molecule has 42 heavy (non-hydrogen) atoms. The summed E-state index contributed by atoms with van der Waals surface area (Å²) < 4.78 is 43.8. The number of nitrogens with two attached hydrogens (primary N) is 1. The third kappa shape index (κ3) is 6.51. The molecule has 1 unspecified atom stereocenters. The molecule has 1 aliphatic rings. The number of carbonyl (C=O) groups excluding carboxylic acids is 1. The number of nitrogen functional groups attached to an aromatic ring is 1. The molecular weight excluding hydrogens is 567 g/mol. The van der Waals surface area contributed by atoms with Crippen molar-refractivity contribution in [3.8, 4) is 24.0 Å². The summed E-state index contributed by atoms with van der Waals surface area (Å²) in [6.45, 7) is 8.18. The van der Waals surface area contributed by atoms with Crippen LogP contribution in [0.2, 0.25) is 0 Å². The lowest BCUT2D eigenvalue weighted by molar-refractivity contribution is -0.149. The summed E-state index contributed by atoms with van der Waals surface area (Å²) >= 11 is 0. The number of fused-ring (bicyclic) bond motifs is 1. The number of aromatic nitrogens is 4. The number of aliphatic hydroxyl groups is 1. The number of terminal acetylenes is 1. The molecule has 6 atom stereocenters. The van der Waals surface area contributed by atoms with Crippen molar-refractivity contribution >= 4 is 30.8 Å². The molecule has 0 saturated carbocycles. The van der Waals surface area contributed by atoms with Crippen LogP contribution in [0.25, 0.3) is 11.2 Å². The van der Waals surface area contributed by atoms with Crippen molar-refractivity contribution in [1.82, 2.24) is 24.6 Å². The van der Waals surface area contributed by atoms with Gasteiger partial charge in [0.1, 0.15) is 29.4 Å². The lowest BCUT2D eigenvalue weighted by Gasteiger charge is -2.28. The molecule has 0 bridgehead atoms. The van der Waals surface area contributed by atoms with Crippen LogP contribution in [0.15, 0.2) is 36.7 Å². The molecule has 3 heterocycles. The number of imidazole rings is 1. The first-order valence-electron chi connectivity index (χ1n) is 13.3. The first-order valence-corrected chi connectivity index (χ1v) is 14.9. The van der Waals surface area contributed by atoms with E-state index in [1.165, 1.54) is 17.8 Å². The highest BCUT2D eigenvalue weighted by Crippen LogP contribution is 2.49. The predicted octanol–water partition coefficient (Wildman–Crippen LogP) is 2.84. The van der Waals surface area contributed by atoms with Gasteiger partial charge in [0.05, 0.1) is 25.6 Å². The molecule has 1 fully saturated rings. The van der Waals surface area contributed by atoms with Gasteiger partial charge in [-0.3, -0.25) is 13.9 Å². The van der Waals surface area contributed by atoms with Crippen LogP contribution in [-0.2, 0) is 23.4 Å². The van der Waals surface area contributed by atoms with E-state index in [9.17, 15) is 14.5 Å². The van der Waals surface area contributed by atoms with Crippen molar-refractivity contribution < 1.29 is 37.7 Å². The Morgan fingerprint density at radius 1 is 1.31 bits per heavy atom. The van der Waals surface area contributed by atoms with Gasteiger partial charge in [-0.05, 0) is 46.8 Å². The molecule has 15 heteroatoms. The number of ether oxygens (including phenoxy) is 3. The smallest absolute Gasteiger partial charge is 0.459 e. The summed E-state index contributed by atoms with van der Waals surface area (Å²) in [7, 11) is -4.23. The fourth-order valence-electron chi connectivity index (χ4n) is 4.38. The average Bonchev–Trinajstić information content (AvgIpc) is 3.46. The van der Waals surface area contributed by atoms with Gasteiger partial charge in [0, 0.05) is 0 Å². The number of esters is 1. The zero-order valence-corrected chi connectivity index (χ0v) is 24.9. The Balaban J connectivity index is 1.60. The minimum atomic E-state index is -4.23. The second kappa shape index (κ2) is 12.6. The second-order valence-corrected chi connectivity index (χ2v) is 11.8. The van der Waals surface area contributed by atoms with E-state index >= 15 is 0 Å². The summed E-state index contributed by atoms with van der Waals surface area (Å²) in [5.74, 6) is 2.33. The molecule has 0 amide bonds. The Hall–Kier alpha value is -3.73. The van der Waals surface area contributed by atoms with E-state index < -0.39 is 50.2 Å². The Labute approximate surface area is 243 Å². The number of hydrogen-bond donors (Lipinski definition) is 3. The topological polar surface area (TPSA) is 182 Å². The molecule has 226 valence electrons. The molecule has 1 aromatic carbocycles. The van der Waals surface area contributed by atoms with Gasteiger partial charge in [0.25, 0.3) is 0 Å². The monoisotopic (exact) mass is 602 g/mol. The van der Waals surface area contributed by atoms with Gasteiger partial charge >= 0.3 is 13.7 Å². The van der Waals surface area contributed by atoms with Gasteiger partial charge in [0.2, 0.25) is 11.8 Å². The molecule has 0 radical (unpaired) electrons. The number of carbonyl (C=O) groups is 1. The van der Waals surface area contributed by atoms with E-state index in [4.69, 9.17) is 35.4 Å². The maximum atomic E-state index is 13.9. The van der Waals surface area contributed by atoms with Gasteiger partial charge in [-0.1, -0.05) is 24.1 Å². The number of aliphatic hydroxyl groups excluding tert-OH is 1. The minimum absolute atomic E-state index is 0.0521. The van der Waals surface area contributed by atoms with Crippen LogP contribution in [0, 0.1) is 17.8 Å². The number of nitrogens with zero attached hydrogens (tertiary/aromatic N) is 4. The van der Waals surface area contributed by atoms with Crippen molar-refractivity contribution in [2.45, 2.75) is 65.2 Å². The number of hydrogen-bond acceptors (Lipinski definition) is 12. The van der Waals surface area contributed by atoms with Crippen LogP contribution < -0.4 is 20.1 Å². The first-order chi connectivity index (χ1) is 19.9.